The summed E-state index contributed by atoms with van der Waals surface area (Å²) in [5, 5.41) is 22.1. The molecule has 0 aliphatic carbocycles. The largest absolute Gasteiger partial charge is 0.508 e. The number of nitrogens with zero attached hydrogens (tertiary/aromatic N) is 6. The number of hydrazine groups is 1. The number of carbonyl (C=O) groups excluding carboxylic acids is 3. The van der Waals surface area contributed by atoms with Crippen molar-refractivity contribution in [3.05, 3.63) is 125 Å². The number of benzene rings is 4. The lowest BCUT2D eigenvalue weighted by Gasteiger charge is -2.54. The Hall–Kier alpha value is -5.88. The van der Waals surface area contributed by atoms with Crippen LogP contribution in [0.3, 0.4) is 0 Å². The zero-order valence-corrected chi connectivity index (χ0v) is 27.4. The molecule has 2 fully saturated rings. The Morgan fingerprint density at radius 2 is 1.67 bits per heavy atom. The van der Waals surface area contributed by atoms with Gasteiger partial charge in [0.1, 0.15) is 18.0 Å². The lowest BCUT2D eigenvalue weighted by Crippen LogP contribution is -2.76. The van der Waals surface area contributed by atoms with Crippen LogP contribution >= 0.6 is 0 Å². The third kappa shape index (κ3) is 7.34. The van der Waals surface area contributed by atoms with Gasteiger partial charge in [-0.15, -0.1) is 0 Å². The van der Waals surface area contributed by atoms with Crippen LogP contribution in [0, 0.1) is 0 Å². The number of aromatic hydroxyl groups is 1. The van der Waals surface area contributed by atoms with Gasteiger partial charge in [-0.05, 0) is 52.6 Å². The monoisotopic (exact) mass is 660 g/mol. The van der Waals surface area contributed by atoms with E-state index >= 15 is 0 Å². The van der Waals surface area contributed by atoms with Gasteiger partial charge in [-0.1, -0.05) is 72.8 Å². The van der Waals surface area contributed by atoms with Gasteiger partial charge in [-0.2, -0.15) is 5.10 Å². The number of phenols is 1. The van der Waals surface area contributed by atoms with Crippen LogP contribution in [-0.4, -0.2) is 81.8 Å². The fourth-order valence-electron chi connectivity index (χ4n) is 6.53. The second-order valence-corrected chi connectivity index (χ2v) is 12.3. The number of likely N-dealkylation sites (N-methyl/N-ethyl adjacent to an activating group) is 1. The van der Waals surface area contributed by atoms with Gasteiger partial charge >= 0.3 is 6.03 Å². The van der Waals surface area contributed by atoms with E-state index in [0.717, 1.165) is 27.9 Å². The van der Waals surface area contributed by atoms with Crippen molar-refractivity contribution in [1.82, 2.24) is 25.1 Å². The summed E-state index contributed by atoms with van der Waals surface area (Å²) in [5.41, 5.74) is 10.9. The average Bonchev–Trinajstić information content (AvgIpc) is 3.09. The first-order valence-corrected chi connectivity index (χ1v) is 16.1. The quantitative estimate of drug-likeness (QED) is 0.134. The standard InChI is InChI=1S/C37H40N8O4/c1-39-43(22-28-11-8-13-30(38)19-28)32-14-7-6-12-29(32)23-42-24-34-44(33(36(42)48)20-26-15-17-31(46)18-16-26)35(47)25-41(2)45(34)37(49)40-21-27-9-4-3-5-10-27/h3-19,33-34,46H,1,20-25,38H2,2H3,(H,40,49)/t33-,34?/m0/s1. The van der Waals surface area contributed by atoms with Crippen LogP contribution < -0.4 is 16.1 Å². The van der Waals surface area contributed by atoms with Gasteiger partial charge in [0.25, 0.3) is 0 Å². The van der Waals surface area contributed by atoms with Crippen molar-refractivity contribution in [2.75, 3.05) is 30.9 Å². The first kappa shape index (κ1) is 33.0. The number of hydrogen-bond acceptors (Lipinski definition) is 8. The van der Waals surface area contributed by atoms with Crippen molar-refractivity contribution in [3.63, 3.8) is 0 Å². The normalized spacial score (nSPS) is 17.9. The zero-order valence-electron chi connectivity index (χ0n) is 27.4. The number of nitrogen functional groups attached to an aromatic ring is 1. The Labute approximate surface area is 285 Å². The molecule has 2 saturated heterocycles. The van der Waals surface area contributed by atoms with E-state index in [1.807, 2.05) is 78.9 Å². The van der Waals surface area contributed by atoms with Crippen molar-refractivity contribution < 1.29 is 19.5 Å². The van der Waals surface area contributed by atoms with Crippen molar-refractivity contribution in [2.45, 2.75) is 38.3 Å². The molecule has 49 heavy (non-hydrogen) atoms. The number of urea groups is 1. The van der Waals surface area contributed by atoms with Crippen LogP contribution in [0.2, 0.25) is 0 Å². The number of rotatable bonds is 10. The van der Waals surface area contributed by atoms with Gasteiger partial charge in [-0.25, -0.2) is 14.8 Å². The molecule has 252 valence electrons. The second-order valence-electron chi connectivity index (χ2n) is 12.3. The number of hydrazone groups is 1. The minimum absolute atomic E-state index is 0.0680. The summed E-state index contributed by atoms with van der Waals surface area (Å²) < 4.78 is 0. The number of piperazine rings is 1. The first-order chi connectivity index (χ1) is 23.7. The average molecular weight is 661 g/mol. The molecule has 2 heterocycles. The Bertz CT molecular complexity index is 1820. The smallest absolute Gasteiger partial charge is 0.334 e. The predicted octanol–water partition coefficient (Wildman–Crippen LogP) is 3.78. The molecule has 12 heteroatoms. The molecule has 4 aromatic rings. The lowest BCUT2D eigenvalue weighted by atomic mass is 9.98. The number of para-hydroxylation sites is 1. The summed E-state index contributed by atoms with van der Waals surface area (Å²) in [4.78, 5) is 45.2. The van der Waals surface area contributed by atoms with Crippen molar-refractivity contribution in [2.24, 2.45) is 5.10 Å². The van der Waals surface area contributed by atoms with Gasteiger partial charge in [0, 0.05) is 39.0 Å². The van der Waals surface area contributed by atoms with Crippen LogP contribution in [0.4, 0.5) is 16.2 Å². The molecule has 0 saturated carbocycles. The molecule has 0 spiro atoms. The molecule has 1 unspecified atom stereocenters. The summed E-state index contributed by atoms with van der Waals surface area (Å²) in [7, 11) is 1.70. The molecular weight excluding hydrogens is 620 g/mol. The highest BCUT2D eigenvalue weighted by Crippen LogP contribution is 2.31. The Morgan fingerprint density at radius 3 is 2.41 bits per heavy atom. The Kier molecular flexibility index (Phi) is 9.77. The Balaban J connectivity index is 1.32. The highest BCUT2D eigenvalue weighted by molar-refractivity contribution is 5.91. The maximum Gasteiger partial charge on any atom is 0.334 e. The number of amides is 4. The van der Waals surface area contributed by atoms with E-state index in [1.165, 1.54) is 5.01 Å². The number of phenolic OH excluding ortho intramolecular Hbond substituents is 1. The van der Waals surface area contributed by atoms with Crippen LogP contribution in [0.25, 0.3) is 0 Å². The summed E-state index contributed by atoms with van der Waals surface area (Å²) >= 11 is 0. The lowest BCUT2D eigenvalue weighted by molar-refractivity contribution is -0.187. The van der Waals surface area contributed by atoms with Crippen LogP contribution in [0.1, 0.15) is 22.3 Å². The fourth-order valence-corrected chi connectivity index (χ4v) is 6.53. The number of anilines is 2. The van der Waals surface area contributed by atoms with Crippen LogP contribution in [-0.2, 0) is 35.6 Å². The number of hydrogen-bond donors (Lipinski definition) is 3. The molecule has 2 atom stereocenters. The molecule has 6 rings (SSSR count). The first-order valence-electron chi connectivity index (χ1n) is 16.1. The molecule has 4 N–H and O–H groups in total. The maximum absolute atomic E-state index is 14.4. The second kappa shape index (κ2) is 14.5. The van der Waals surface area contributed by atoms with Crippen molar-refractivity contribution >= 4 is 35.9 Å². The molecule has 12 nitrogen and oxygen atoms in total. The number of carbonyl (C=O) groups is 3. The predicted molar refractivity (Wildman–Crippen MR) is 188 cm³/mol. The van der Waals surface area contributed by atoms with Crippen LogP contribution in [0.5, 0.6) is 5.75 Å². The molecule has 0 aromatic heterocycles. The van der Waals surface area contributed by atoms with Gasteiger partial charge in [0.2, 0.25) is 11.8 Å². The van der Waals surface area contributed by atoms with E-state index in [9.17, 15) is 19.5 Å². The third-order valence-electron chi connectivity index (χ3n) is 8.88. The van der Waals surface area contributed by atoms with Crippen molar-refractivity contribution in [1.29, 1.82) is 0 Å². The van der Waals surface area contributed by atoms with E-state index in [-0.39, 0.29) is 49.7 Å². The van der Waals surface area contributed by atoms with E-state index < -0.39 is 12.2 Å². The maximum atomic E-state index is 14.4. The van der Waals surface area contributed by atoms with Crippen molar-refractivity contribution in [3.8, 4) is 5.75 Å². The minimum atomic E-state index is -0.887. The fraction of sp³-hybridized carbons (Fsp3) is 0.243. The molecule has 4 amide bonds. The highest BCUT2D eigenvalue weighted by atomic mass is 16.3. The third-order valence-corrected chi connectivity index (χ3v) is 8.88. The van der Waals surface area contributed by atoms with Gasteiger partial charge in [0.05, 0.1) is 25.3 Å². The Morgan fingerprint density at radius 1 is 0.959 bits per heavy atom. The number of nitrogens with one attached hydrogen (secondary N) is 1. The number of fused-ring (bicyclic) bond motifs is 1. The molecule has 2 aliphatic rings. The van der Waals surface area contributed by atoms with Gasteiger partial charge in [-0.3, -0.25) is 14.6 Å². The summed E-state index contributed by atoms with van der Waals surface area (Å²) in [5.74, 6) is -0.387. The molecule has 4 aromatic carbocycles. The SMILES string of the molecule is C=NN(Cc1cccc(N)c1)c1ccccc1CN1CC2N(C(=O)CN(C)N2C(=O)NCc2ccccc2)[C@@H](Cc2ccc(O)cc2)C1=O. The zero-order chi connectivity index (χ0) is 34.5. The van der Waals surface area contributed by atoms with E-state index in [1.54, 1.807) is 51.1 Å². The molecular formula is C37H40N8O4. The minimum Gasteiger partial charge on any atom is -0.508 e. The molecule has 2 aliphatic heterocycles. The van der Waals surface area contributed by atoms with Crippen LogP contribution in [0.15, 0.2) is 108 Å². The summed E-state index contributed by atoms with van der Waals surface area (Å²) in [6.07, 6.45) is -0.562. The summed E-state index contributed by atoms with van der Waals surface area (Å²) in [6.45, 7) is 4.74. The van der Waals surface area contributed by atoms with Gasteiger partial charge in [0.15, 0.2) is 0 Å². The highest BCUT2D eigenvalue weighted by Gasteiger charge is 2.50. The number of nitrogens with two attached hydrogens (primary N) is 1. The molecule has 0 bridgehead atoms. The van der Waals surface area contributed by atoms with E-state index in [2.05, 4.69) is 17.1 Å². The van der Waals surface area contributed by atoms with E-state index in [4.69, 9.17) is 5.73 Å². The van der Waals surface area contributed by atoms with Gasteiger partial charge < -0.3 is 26.0 Å². The summed E-state index contributed by atoms with van der Waals surface area (Å²) in [6, 6.07) is 30.1. The molecule has 0 radical (unpaired) electrons. The topological polar surface area (TPSA) is 138 Å². The van der Waals surface area contributed by atoms with E-state index in [0.29, 0.717) is 18.8 Å².